The van der Waals surface area contributed by atoms with Gasteiger partial charge in [0.05, 0.1) is 17.1 Å². The van der Waals surface area contributed by atoms with Crippen LogP contribution in [-0.4, -0.2) is 40.1 Å². The minimum Gasteiger partial charge on any atom is -0.494 e. The zero-order chi connectivity index (χ0) is 21.6. The molecule has 2 aromatic carbocycles. The molecule has 0 heterocycles. The van der Waals surface area contributed by atoms with Crippen LogP contribution in [0.5, 0.6) is 5.75 Å². The molecule has 0 radical (unpaired) electrons. The first kappa shape index (κ1) is 22.3. The average Bonchev–Trinajstić information content (AvgIpc) is 2.69. The van der Waals surface area contributed by atoms with Crippen molar-refractivity contribution in [1.82, 2.24) is 4.72 Å². The fourth-order valence-corrected chi connectivity index (χ4v) is 3.02. The Kier molecular flexibility index (Phi) is 7.29. The Morgan fingerprint density at radius 1 is 1.14 bits per heavy atom. The number of ether oxygens (including phenoxy) is 2. The fraction of sp³-hybridized carbons (Fsp3) is 0.263. The number of sulfonamides is 1. The van der Waals surface area contributed by atoms with E-state index in [9.17, 15) is 22.4 Å². The lowest BCUT2D eigenvalue weighted by Crippen LogP contribution is -2.30. The Balaban J connectivity index is 2.08. The van der Waals surface area contributed by atoms with E-state index in [1.165, 1.54) is 14.0 Å². The second kappa shape index (κ2) is 9.48. The van der Waals surface area contributed by atoms with Crippen molar-refractivity contribution in [1.29, 1.82) is 0 Å². The fourth-order valence-electron chi connectivity index (χ4n) is 2.27. The molecule has 0 aliphatic carbocycles. The first-order valence-electron chi connectivity index (χ1n) is 8.65. The molecule has 156 valence electrons. The number of halogens is 1. The van der Waals surface area contributed by atoms with Gasteiger partial charge in [0.25, 0.3) is 5.91 Å². The van der Waals surface area contributed by atoms with E-state index in [0.29, 0.717) is 18.0 Å². The Bertz CT molecular complexity index is 992. The second-order valence-corrected chi connectivity index (χ2v) is 7.73. The quantitative estimate of drug-likeness (QED) is 0.629. The molecule has 0 spiro atoms. The van der Waals surface area contributed by atoms with Crippen molar-refractivity contribution in [2.24, 2.45) is 0 Å². The Morgan fingerprint density at radius 2 is 1.79 bits per heavy atom. The summed E-state index contributed by atoms with van der Waals surface area (Å²) in [6.45, 7) is 3.67. The maximum atomic E-state index is 14.0. The van der Waals surface area contributed by atoms with Crippen molar-refractivity contribution < 1.29 is 31.9 Å². The van der Waals surface area contributed by atoms with Crippen molar-refractivity contribution in [2.45, 2.75) is 24.8 Å². The van der Waals surface area contributed by atoms with Gasteiger partial charge in [-0.1, -0.05) is 0 Å². The predicted octanol–water partition coefficient (Wildman–Crippen LogP) is 2.32. The Morgan fingerprint density at radius 3 is 2.38 bits per heavy atom. The van der Waals surface area contributed by atoms with E-state index in [4.69, 9.17) is 9.47 Å². The van der Waals surface area contributed by atoms with Crippen molar-refractivity contribution in [2.75, 3.05) is 19.0 Å². The molecule has 1 unspecified atom stereocenters. The van der Waals surface area contributed by atoms with E-state index < -0.39 is 39.4 Å². The first-order valence-corrected chi connectivity index (χ1v) is 10.1. The lowest BCUT2D eigenvalue weighted by molar-refractivity contribution is -0.123. The summed E-state index contributed by atoms with van der Waals surface area (Å²) in [5.74, 6) is -2.13. The summed E-state index contributed by atoms with van der Waals surface area (Å²) in [7, 11) is -2.69. The average molecular weight is 424 g/mol. The molecule has 10 heteroatoms. The number of carbonyl (C=O) groups is 2. The summed E-state index contributed by atoms with van der Waals surface area (Å²) in [5, 5.41) is 2.56. The van der Waals surface area contributed by atoms with E-state index >= 15 is 0 Å². The van der Waals surface area contributed by atoms with Crippen LogP contribution in [-0.2, 0) is 19.6 Å². The van der Waals surface area contributed by atoms with Gasteiger partial charge in [-0.3, -0.25) is 4.79 Å². The highest BCUT2D eigenvalue weighted by Gasteiger charge is 2.23. The van der Waals surface area contributed by atoms with Crippen LogP contribution in [0, 0.1) is 5.82 Å². The summed E-state index contributed by atoms with van der Waals surface area (Å²) in [6, 6.07) is 9.26. The molecule has 0 aliphatic heterocycles. The zero-order valence-electron chi connectivity index (χ0n) is 16.1. The molecule has 0 bridgehead atoms. The number of carbonyl (C=O) groups excluding carboxylic acids is 2. The number of nitrogens with one attached hydrogen (secondary N) is 2. The van der Waals surface area contributed by atoms with Crippen molar-refractivity contribution in [3.63, 3.8) is 0 Å². The van der Waals surface area contributed by atoms with Gasteiger partial charge in [-0.25, -0.2) is 22.3 Å². The zero-order valence-corrected chi connectivity index (χ0v) is 16.9. The molecule has 0 aliphatic rings. The predicted molar refractivity (Wildman–Crippen MR) is 104 cm³/mol. The molecule has 1 amide bonds. The summed E-state index contributed by atoms with van der Waals surface area (Å²) in [4.78, 5) is 24.2. The minimum atomic E-state index is -3.88. The molecule has 29 heavy (non-hydrogen) atoms. The van der Waals surface area contributed by atoms with E-state index in [2.05, 4.69) is 10.0 Å². The molecule has 1 atom stereocenters. The van der Waals surface area contributed by atoms with Gasteiger partial charge in [-0.2, -0.15) is 0 Å². The molecule has 0 fully saturated rings. The topological polar surface area (TPSA) is 111 Å². The van der Waals surface area contributed by atoms with Gasteiger partial charge >= 0.3 is 5.97 Å². The number of benzene rings is 2. The summed E-state index contributed by atoms with van der Waals surface area (Å²) in [5.41, 5.74) is -0.142. The van der Waals surface area contributed by atoms with E-state index in [-0.39, 0.29) is 4.90 Å². The summed E-state index contributed by atoms with van der Waals surface area (Å²) in [6.07, 6.45) is -1.25. The third-order valence-electron chi connectivity index (χ3n) is 3.82. The standard InChI is InChI=1S/C19H21FN2O6S/c1-4-27-14-7-5-13(6-8-14)22-18(23)12(2)28-19(24)16-11-15(9-10-17(16)20)29(25,26)21-3/h5-12,21H,4H2,1-3H3,(H,22,23). The number of anilines is 1. The molecule has 0 saturated heterocycles. The van der Waals surface area contributed by atoms with E-state index in [0.717, 1.165) is 18.2 Å². The molecular weight excluding hydrogens is 403 g/mol. The Labute approximate surface area is 168 Å². The van der Waals surface area contributed by atoms with Crippen LogP contribution in [0.25, 0.3) is 0 Å². The number of rotatable bonds is 8. The van der Waals surface area contributed by atoms with Crippen LogP contribution in [0.15, 0.2) is 47.4 Å². The molecule has 0 saturated carbocycles. The van der Waals surface area contributed by atoms with Gasteiger partial charge in [-0.05, 0) is 63.4 Å². The van der Waals surface area contributed by atoms with Crippen molar-refractivity contribution in [3.05, 3.63) is 53.8 Å². The van der Waals surface area contributed by atoms with Crippen LogP contribution in [0.1, 0.15) is 24.2 Å². The van der Waals surface area contributed by atoms with Gasteiger partial charge in [-0.15, -0.1) is 0 Å². The maximum Gasteiger partial charge on any atom is 0.341 e. The number of amides is 1. The van der Waals surface area contributed by atoms with Crippen molar-refractivity contribution >= 4 is 27.6 Å². The second-order valence-electron chi connectivity index (χ2n) is 5.84. The lowest BCUT2D eigenvalue weighted by atomic mass is 10.2. The van der Waals surface area contributed by atoms with Crippen LogP contribution in [0.4, 0.5) is 10.1 Å². The molecular formula is C19H21FN2O6S. The van der Waals surface area contributed by atoms with Crippen LogP contribution >= 0.6 is 0 Å². The third-order valence-corrected chi connectivity index (χ3v) is 5.23. The highest BCUT2D eigenvalue weighted by atomic mass is 32.2. The highest BCUT2D eigenvalue weighted by molar-refractivity contribution is 7.89. The maximum absolute atomic E-state index is 14.0. The van der Waals surface area contributed by atoms with Gasteiger partial charge in [0.2, 0.25) is 10.0 Å². The molecule has 2 N–H and O–H groups in total. The van der Waals surface area contributed by atoms with Crippen molar-refractivity contribution in [3.8, 4) is 5.75 Å². The molecule has 8 nitrogen and oxygen atoms in total. The van der Waals surface area contributed by atoms with Gasteiger partial charge in [0.1, 0.15) is 11.6 Å². The van der Waals surface area contributed by atoms with Gasteiger partial charge in [0, 0.05) is 5.69 Å². The smallest absolute Gasteiger partial charge is 0.341 e. The monoisotopic (exact) mass is 424 g/mol. The van der Waals surface area contributed by atoms with Crippen LogP contribution in [0.2, 0.25) is 0 Å². The van der Waals surface area contributed by atoms with Crippen LogP contribution in [0.3, 0.4) is 0 Å². The minimum absolute atomic E-state index is 0.306. The van der Waals surface area contributed by atoms with E-state index in [1.54, 1.807) is 24.3 Å². The number of hydrogen-bond donors (Lipinski definition) is 2. The Hall–Kier alpha value is -2.98. The largest absolute Gasteiger partial charge is 0.494 e. The third kappa shape index (κ3) is 5.75. The normalized spacial score (nSPS) is 12.1. The number of esters is 1. The van der Waals surface area contributed by atoms with E-state index in [1.807, 2.05) is 6.92 Å². The first-order chi connectivity index (χ1) is 13.7. The molecule has 2 rings (SSSR count). The lowest BCUT2D eigenvalue weighted by Gasteiger charge is -2.14. The SMILES string of the molecule is CCOc1ccc(NC(=O)C(C)OC(=O)c2cc(S(=O)(=O)NC)ccc2F)cc1. The van der Waals surface area contributed by atoms with Crippen LogP contribution < -0.4 is 14.8 Å². The summed E-state index contributed by atoms with van der Waals surface area (Å²) < 4.78 is 50.0. The molecule has 0 aromatic heterocycles. The van der Waals surface area contributed by atoms with Gasteiger partial charge < -0.3 is 14.8 Å². The highest BCUT2D eigenvalue weighted by Crippen LogP contribution is 2.18. The molecule has 2 aromatic rings. The summed E-state index contributed by atoms with van der Waals surface area (Å²) >= 11 is 0. The number of hydrogen-bond acceptors (Lipinski definition) is 6. The van der Waals surface area contributed by atoms with Gasteiger partial charge in [0.15, 0.2) is 6.10 Å².